The number of H-pyrrole nitrogens is 1. The number of hydrogen-bond donors (Lipinski definition) is 2. The van der Waals surface area contributed by atoms with E-state index >= 15 is 0 Å². The Bertz CT molecular complexity index is 436. The highest BCUT2D eigenvalue weighted by Gasteiger charge is 2.35. The summed E-state index contributed by atoms with van der Waals surface area (Å²) in [5.41, 5.74) is 0.879. The number of hydrogen-bond acceptors (Lipinski definition) is 4. The predicted octanol–water partition coefficient (Wildman–Crippen LogP) is 0.421. The van der Waals surface area contributed by atoms with Gasteiger partial charge >= 0.3 is 12.0 Å². The first-order chi connectivity index (χ1) is 8.59. The van der Waals surface area contributed by atoms with Crippen molar-refractivity contribution >= 4 is 23.8 Å². The molecule has 7 nitrogen and oxygen atoms in total. The second-order valence-corrected chi connectivity index (χ2v) is 5.07. The van der Waals surface area contributed by atoms with Gasteiger partial charge in [0.2, 0.25) is 0 Å². The molecule has 98 valence electrons. The summed E-state index contributed by atoms with van der Waals surface area (Å²) in [6, 6.07) is -0.997. The fraction of sp³-hybridized carbons (Fsp3) is 0.500. The normalized spacial score (nSPS) is 18.9. The van der Waals surface area contributed by atoms with Crippen LogP contribution >= 0.6 is 11.8 Å². The number of nitrogens with zero attached hydrogens (tertiary/aromatic N) is 3. The van der Waals surface area contributed by atoms with Crippen molar-refractivity contribution in [3.05, 3.63) is 18.0 Å². The number of nitrogens with one attached hydrogen (secondary N) is 1. The van der Waals surface area contributed by atoms with E-state index in [1.807, 2.05) is 0 Å². The van der Waals surface area contributed by atoms with Crippen LogP contribution in [0.5, 0.6) is 0 Å². The predicted molar refractivity (Wildman–Crippen MR) is 66.0 cm³/mol. The molecule has 2 amide bonds. The average Bonchev–Trinajstić information content (AvgIpc) is 2.97. The van der Waals surface area contributed by atoms with Gasteiger partial charge in [-0.05, 0) is 0 Å². The van der Waals surface area contributed by atoms with Gasteiger partial charge in [0, 0.05) is 24.6 Å². The van der Waals surface area contributed by atoms with Crippen LogP contribution in [0.3, 0.4) is 0 Å². The third kappa shape index (κ3) is 2.58. The van der Waals surface area contributed by atoms with E-state index in [9.17, 15) is 9.59 Å². The Kier molecular flexibility index (Phi) is 3.75. The quantitative estimate of drug-likeness (QED) is 0.831. The molecule has 8 heteroatoms. The zero-order chi connectivity index (χ0) is 13.1. The third-order valence-electron chi connectivity index (χ3n) is 2.71. The summed E-state index contributed by atoms with van der Waals surface area (Å²) in [6.45, 7) is 0.406. The molecule has 0 unspecified atom stereocenters. The van der Waals surface area contributed by atoms with Gasteiger partial charge in [0.05, 0.1) is 18.6 Å². The lowest BCUT2D eigenvalue weighted by atomic mass is 10.3. The minimum atomic E-state index is -0.954. The van der Waals surface area contributed by atoms with Crippen molar-refractivity contribution in [1.29, 1.82) is 0 Å². The molecule has 0 bridgehead atoms. The van der Waals surface area contributed by atoms with E-state index in [2.05, 4.69) is 10.2 Å². The molecule has 1 aromatic heterocycles. The van der Waals surface area contributed by atoms with Crippen molar-refractivity contribution in [3.8, 4) is 0 Å². The Hall–Kier alpha value is -1.70. The number of aliphatic carboxylic acids is 1. The molecular formula is C10H14N4O3S. The van der Waals surface area contributed by atoms with Gasteiger partial charge < -0.3 is 14.9 Å². The smallest absolute Gasteiger partial charge is 0.327 e. The van der Waals surface area contributed by atoms with Crippen molar-refractivity contribution < 1.29 is 14.7 Å². The summed E-state index contributed by atoms with van der Waals surface area (Å²) in [6.07, 6.45) is 3.34. The third-order valence-corrected chi connectivity index (χ3v) is 3.73. The summed E-state index contributed by atoms with van der Waals surface area (Å²) in [7, 11) is 1.65. The second kappa shape index (κ2) is 5.30. The lowest BCUT2D eigenvalue weighted by Gasteiger charge is -2.26. The largest absolute Gasteiger partial charge is 0.480 e. The average molecular weight is 270 g/mol. The molecule has 1 saturated heterocycles. The van der Waals surface area contributed by atoms with E-state index < -0.39 is 12.0 Å². The number of aromatic amines is 1. The summed E-state index contributed by atoms with van der Waals surface area (Å²) in [4.78, 5) is 26.0. The van der Waals surface area contributed by atoms with Crippen molar-refractivity contribution in [1.82, 2.24) is 20.0 Å². The molecular weight excluding hydrogens is 256 g/mol. The SMILES string of the molecule is CN(Cc1cn[nH]c1)C(=O)N1CSC[C@H]1C(=O)O. The van der Waals surface area contributed by atoms with Crippen LogP contribution in [-0.4, -0.2) is 61.8 Å². The van der Waals surface area contributed by atoms with Gasteiger partial charge in [0.15, 0.2) is 0 Å². The van der Waals surface area contributed by atoms with E-state index in [1.54, 1.807) is 19.4 Å². The number of aromatic nitrogens is 2. The molecule has 1 aliphatic heterocycles. The number of carboxylic acid groups (broad SMARTS) is 1. The summed E-state index contributed by atoms with van der Waals surface area (Å²) in [5.74, 6) is -0.0864. The molecule has 0 radical (unpaired) electrons. The van der Waals surface area contributed by atoms with Crippen LogP contribution < -0.4 is 0 Å². The standard InChI is InChI=1S/C10H14N4O3S/c1-13(4-7-2-11-12-3-7)10(17)14-6-18-5-8(14)9(15)16/h2-3,8H,4-6H2,1H3,(H,11,12)(H,15,16)/t8-/m0/s1. The molecule has 2 N–H and O–H groups in total. The highest BCUT2D eigenvalue weighted by Crippen LogP contribution is 2.22. The van der Waals surface area contributed by atoms with Crippen LogP contribution in [0.25, 0.3) is 0 Å². The lowest BCUT2D eigenvalue weighted by Crippen LogP contribution is -2.47. The van der Waals surface area contributed by atoms with Crippen LogP contribution in [0.15, 0.2) is 12.4 Å². The molecule has 1 aliphatic rings. The molecule has 1 atom stereocenters. The van der Waals surface area contributed by atoms with Crippen LogP contribution in [0.2, 0.25) is 0 Å². The van der Waals surface area contributed by atoms with Gasteiger partial charge in [-0.3, -0.25) is 5.10 Å². The first-order valence-corrected chi connectivity index (χ1v) is 6.55. The number of urea groups is 1. The molecule has 2 heterocycles. The molecule has 1 aromatic rings. The van der Waals surface area contributed by atoms with Crippen LogP contribution in [0.1, 0.15) is 5.56 Å². The fourth-order valence-electron chi connectivity index (χ4n) is 1.76. The molecule has 0 spiro atoms. The minimum Gasteiger partial charge on any atom is -0.480 e. The molecule has 1 fully saturated rings. The van der Waals surface area contributed by atoms with Crippen molar-refractivity contribution in [2.75, 3.05) is 18.7 Å². The lowest BCUT2D eigenvalue weighted by molar-refractivity contribution is -0.140. The molecule has 18 heavy (non-hydrogen) atoms. The van der Waals surface area contributed by atoms with Gasteiger partial charge in [-0.2, -0.15) is 5.10 Å². The first kappa shape index (κ1) is 12.7. The maximum absolute atomic E-state index is 12.1. The van der Waals surface area contributed by atoms with Crippen molar-refractivity contribution in [2.45, 2.75) is 12.6 Å². The zero-order valence-electron chi connectivity index (χ0n) is 9.87. The number of carbonyl (C=O) groups excluding carboxylic acids is 1. The minimum absolute atomic E-state index is 0.270. The van der Waals surface area contributed by atoms with Crippen LogP contribution in [-0.2, 0) is 11.3 Å². The fourth-order valence-corrected chi connectivity index (χ4v) is 2.90. The number of thioether (sulfide) groups is 1. The summed E-state index contributed by atoms with van der Waals surface area (Å²) in [5, 5.41) is 15.5. The highest BCUT2D eigenvalue weighted by molar-refractivity contribution is 7.99. The summed E-state index contributed by atoms with van der Waals surface area (Å²) >= 11 is 1.45. The van der Waals surface area contributed by atoms with Gasteiger partial charge in [0.1, 0.15) is 6.04 Å². The van der Waals surface area contributed by atoms with E-state index in [-0.39, 0.29) is 6.03 Å². The monoisotopic (exact) mass is 270 g/mol. The Labute approximate surface area is 108 Å². The maximum Gasteiger partial charge on any atom is 0.327 e. The first-order valence-electron chi connectivity index (χ1n) is 5.39. The van der Waals surface area contributed by atoms with Gasteiger partial charge in [0.25, 0.3) is 0 Å². The van der Waals surface area contributed by atoms with Crippen molar-refractivity contribution in [3.63, 3.8) is 0 Å². The zero-order valence-corrected chi connectivity index (χ0v) is 10.7. The van der Waals surface area contributed by atoms with E-state index in [0.29, 0.717) is 18.2 Å². The molecule has 0 aliphatic carbocycles. The van der Waals surface area contributed by atoms with Crippen LogP contribution in [0.4, 0.5) is 4.79 Å². The maximum atomic E-state index is 12.1. The number of amides is 2. The van der Waals surface area contributed by atoms with E-state index in [0.717, 1.165) is 5.56 Å². The number of rotatable bonds is 3. The topological polar surface area (TPSA) is 89.5 Å². The van der Waals surface area contributed by atoms with Gasteiger partial charge in [-0.25, -0.2) is 9.59 Å². The summed E-state index contributed by atoms with van der Waals surface area (Å²) < 4.78 is 0. The molecule has 0 aromatic carbocycles. The second-order valence-electron chi connectivity index (χ2n) is 4.07. The van der Waals surface area contributed by atoms with E-state index in [4.69, 9.17) is 5.11 Å². The van der Waals surface area contributed by atoms with Crippen LogP contribution in [0, 0.1) is 0 Å². The van der Waals surface area contributed by atoms with Crippen molar-refractivity contribution in [2.24, 2.45) is 0 Å². The van der Waals surface area contributed by atoms with Gasteiger partial charge in [-0.15, -0.1) is 11.8 Å². The Morgan fingerprint density at radius 1 is 1.72 bits per heavy atom. The Morgan fingerprint density at radius 2 is 2.50 bits per heavy atom. The Balaban J connectivity index is 1.99. The Morgan fingerprint density at radius 3 is 3.11 bits per heavy atom. The highest BCUT2D eigenvalue weighted by atomic mass is 32.2. The van der Waals surface area contributed by atoms with Gasteiger partial charge in [-0.1, -0.05) is 0 Å². The van der Waals surface area contributed by atoms with E-state index in [1.165, 1.54) is 21.6 Å². The number of carbonyl (C=O) groups is 2. The number of carboxylic acids is 1. The molecule has 2 rings (SSSR count). The molecule has 0 saturated carbocycles.